The highest BCUT2D eigenvalue weighted by Gasteiger charge is 2.14. The first-order chi connectivity index (χ1) is 24.2. The van der Waals surface area contributed by atoms with Crippen LogP contribution in [0.15, 0.2) is 146 Å². The third-order valence-electron chi connectivity index (χ3n) is 10.2. The molecule has 8 rings (SSSR count). The van der Waals surface area contributed by atoms with Gasteiger partial charge in [0.25, 0.3) is 0 Å². The zero-order valence-electron chi connectivity index (χ0n) is 27.4. The minimum atomic E-state index is 0.725. The third kappa shape index (κ3) is 5.60. The Morgan fingerprint density at radius 3 is 0.980 bits per heavy atom. The molecular formula is C47H36O2. The molecule has 49 heavy (non-hydrogen) atoms. The van der Waals surface area contributed by atoms with Crippen LogP contribution in [-0.4, -0.2) is 12.6 Å². The molecule has 0 N–H and O–H groups in total. The van der Waals surface area contributed by atoms with Gasteiger partial charge in [0.05, 0.1) is 0 Å². The number of hydrogen-bond donors (Lipinski definition) is 0. The molecule has 2 nitrogen and oxygen atoms in total. The molecule has 0 saturated heterocycles. The highest BCUT2D eigenvalue weighted by atomic mass is 16.1. The summed E-state index contributed by atoms with van der Waals surface area (Å²) in [6, 6.07) is 51.1. The maximum absolute atomic E-state index is 11.7. The summed E-state index contributed by atoms with van der Waals surface area (Å²) in [4.78, 5) is 23.5. The molecule has 0 aliphatic heterocycles. The zero-order valence-corrected chi connectivity index (χ0v) is 27.4. The quantitative estimate of drug-likeness (QED) is 0.111. The van der Waals surface area contributed by atoms with E-state index in [1.807, 2.05) is 48.5 Å². The first-order valence-corrected chi connectivity index (χ1v) is 17.2. The largest absolute Gasteiger partial charge is 0.298 e. The number of fused-ring (bicyclic) bond motifs is 4. The van der Waals surface area contributed by atoms with Crippen molar-refractivity contribution in [1.29, 1.82) is 0 Å². The van der Waals surface area contributed by atoms with Crippen LogP contribution in [0.4, 0.5) is 0 Å². The van der Waals surface area contributed by atoms with E-state index in [2.05, 4.69) is 97.1 Å². The summed E-state index contributed by atoms with van der Waals surface area (Å²) in [5.41, 5.74) is 8.95. The molecule has 236 valence electrons. The molecule has 0 radical (unpaired) electrons. The average Bonchev–Trinajstić information content (AvgIpc) is 3.17. The van der Waals surface area contributed by atoms with Crippen molar-refractivity contribution in [2.45, 2.75) is 32.1 Å². The van der Waals surface area contributed by atoms with E-state index in [1.54, 1.807) is 0 Å². The van der Waals surface area contributed by atoms with Gasteiger partial charge in [0.2, 0.25) is 0 Å². The van der Waals surface area contributed by atoms with Gasteiger partial charge in [-0.3, -0.25) is 9.59 Å². The molecular weight excluding hydrogens is 597 g/mol. The Kier molecular flexibility index (Phi) is 8.29. The number of benzene rings is 8. The van der Waals surface area contributed by atoms with Gasteiger partial charge in [0.1, 0.15) is 0 Å². The van der Waals surface area contributed by atoms with Crippen LogP contribution in [0.1, 0.15) is 51.1 Å². The van der Waals surface area contributed by atoms with Crippen LogP contribution >= 0.6 is 0 Å². The lowest BCUT2D eigenvalue weighted by Gasteiger charge is -2.15. The molecule has 0 atom stereocenters. The Bertz CT molecular complexity index is 2350. The van der Waals surface area contributed by atoms with Crippen molar-refractivity contribution in [3.63, 3.8) is 0 Å². The van der Waals surface area contributed by atoms with Gasteiger partial charge in [-0.05, 0) is 102 Å². The van der Waals surface area contributed by atoms with Gasteiger partial charge in [-0.25, -0.2) is 0 Å². The van der Waals surface area contributed by atoms with Crippen molar-refractivity contribution in [1.82, 2.24) is 0 Å². The summed E-state index contributed by atoms with van der Waals surface area (Å²) in [5, 5.41) is 9.31. The SMILES string of the molecule is O=Cc1ccc(-c2ccc(CCCCCc3ccc(-c4ccc(C=O)c5ccccc45)c4ccccc34)c3ccccc23)c2ccccc12. The second kappa shape index (κ2) is 13.3. The predicted octanol–water partition coefficient (Wildman–Crippen LogP) is 12.2. The van der Waals surface area contributed by atoms with Gasteiger partial charge in [-0.15, -0.1) is 0 Å². The summed E-state index contributed by atoms with van der Waals surface area (Å²) in [5.74, 6) is 0. The number of aryl methyl sites for hydroxylation is 2. The van der Waals surface area contributed by atoms with Crippen molar-refractivity contribution in [2.24, 2.45) is 0 Å². The fraction of sp³-hybridized carbons (Fsp3) is 0.106. The molecule has 8 aromatic rings. The summed E-state index contributed by atoms with van der Waals surface area (Å²) in [6.45, 7) is 0. The highest BCUT2D eigenvalue weighted by molar-refractivity contribution is 6.11. The second-order valence-corrected chi connectivity index (χ2v) is 12.9. The van der Waals surface area contributed by atoms with Crippen molar-refractivity contribution in [3.8, 4) is 22.3 Å². The van der Waals surface area contributed by atoms with Crippen molar-refractivity contribution in [2.75, 3.05) is 0 Å². The number of aldehydes is 2. The number of unbranched alkanes of at least 4 members (excludes halogenated alkanes) is 2. The number of carbonyl (C=O) groups is 2. The van der Waals surface area contributed by atoms with Crippen molar-refractivity contribution < 1.29 is 9.59 Å². The van der Waals surface area contributed by atoms with Gasteiger partial charge in [0, 0.05) is 11.1 Å². The summed E-state index contributed by atoms with van der Waals surface area (Å²) in [7, 11) is 0. The highest BCUT2D eigenvalue weighted by Crippen LogP contribution is 2.38. The minimum absolute atomic E-state index is 0.725. The number of carbonyl (C=O) groups excluding carboxylic acids is 2. The second-order valence-electron chi connectivity index (χ2n) is 12.9. The molecule has 0 aliphatic carbocycles. The fourth-order valence-corrected chi connectivity index (χ4v) is 7.76. The normalized spacial score (nSPS) is 11.4. The Morgan fingerprint density at radius 2 is 0.612 bits per heavy atom. The van der Waals surface area contributed by atoms with Gasteiger partial charge in [0.15, 0.2) is 12.6 Å². The summed E-state index contributed by atoms with van der Waals surface area (Å²) in [6.07, 6.45) is 7.38. The smallest absolute Gasteiger partial charge is 0.150 e. The van der Waals surface area contributed by atoms with Crippen molar-refractivity contribution in [3.05, 3.63) is 168 Å². The topological polar surface area (TPSA) is 34.1 Å². The maximum Gasteiger partial charge on any atom is 0.150 e. The van der Waals surface area contributed by atoms with E-state index < -0.39 is 0 Å². The van der Waals surface area contributed by atoms with Crippen LogP contribution in [0.3, 0.4) is 0 Å². The first kappa shape index (κ1) is 30.5. The molecule has 0 saturated carbocycles. The molecule has 2 heteroatoms. The minimum Gasteiger partial charge on any atom is -0.298 e. The van der Waals surface area contributed by atoms with E-state index >= 15 is 0 Å². The monoisotopic (exact) mass is 632 g/mol. The van der Waals surface area contributed by atoms with E-state index in [0.717, 1.165) is 88.5 Å². The van der Waals surface area contributed by atoms with E-state index in [1.165, 1.54) is 43.8 Å². The van der Waals surface area contributed by atoms with Crippen LogP contribution in [-0.2, 0) is 12.8 Å². The summed E-state index contributed by atoms with van der Waals surface area (Å²) < 4.78 is 0. The molecule has 0 aromatic heterocycles. The van der Waals surface area contributed by atoms with Crippen LogP contribution in [0, 0.1) is 0 Å². The van der Waals surface area contributed by atoms with Gasteiger partial charge >= 0.3 is 0 Å². The maximum atomic E-state index is 11.7. The third-order valence-corrected chi connectivity index (χ3v) is 10.2. The molecule has 0 unspecified atom stereocenters. The molecule has 0 amide bonds. The molecule has 0 bridgehead atoms. The number of hydrogen-bond acceptors (Lipinski definition) is 2. The van der Waals surface area contributed by atoms with E-state index in [0.29, 0.717) is 0 Å². The van der Waals surface area contributed by atoms with E-state index in [-0.39, 0.29) is 0 Å². The first-order valence-electron chi connectivity index (χ1n) is 17.2. The van der Waals surface area contributed by atoms with Gasteiger partial charge in [-0.2, -0.15) is 0 Å². The predicted molar refractivity (Wildman–Crippen MR) is 206 cm³/mol. The van der Waals surface area contributed by atoms with Crippen LogP contribution < -0.4 is 0 Å². The average molecular weight is 633 g/mol. The van der Waals surface area contributed by atoms with Crippen molar-refractivity contribution >= 4 is 55.7 Å². The molecule has 0 aliphatic rings. The van der Waals surface area contributed by atoms with Gasteiger partial charge in [-0.1, -0.05) is 152 Å². The molecule has 0 spiro atoms. The van der Waals surface area contributed by atoms with E-state index in [4.69, 9.17) is 0 Å². The molecule has 0 heterocycles. The number of rotatable bonds is 10. The Hall–Kier alpha value is -5.86. The molecule has 8 aromatic carbocycles. The zero-order chi connectivity index (χ0) is 33.2. The van der Waals surface area contributed by atoms with Crippen LogP contribution in [0.2, 0.25) is 0 Å². The summed E-state index contributed by atoms with van der Waals surface area (Å²) >= 11 is 0. The van der Waals surface area contributed by atoms with E-state index in [9.17, 15) is 9.59 Å². The Balaban J connectivity index is 1.01. The standard InChI is InChI=1S/C47H36O2/c48-30-34-24-28-46(42-20-10-6-16-38(34)42)44-26-22-32(36-14-4-8-18-40(36)44)12-2-1-3-13-33-23-27-45(41-19-9-5-15-37(33)41)47-29-25-35(31-49)39-17-7-11-21-43(39)47/h4-11,14-31H,1-3,12-13H2. The van der Waals surface area contributed by atoms with Gasteiger partial charge < -0.3 is 0 Å². The lowest BCUT2D eigenvalue weighted by Crippen LogP contribution is -1.94. The Labute approximate surface area is 286 Å². The fourth-order valence-electron chi connectivity index (χ4n) is 7.76. The lowest BCUT2D eigenvalue weighted by atomic mass is 9.89. The molecule has 0 fully saturated rings. The lowest BCUT2D eigenvalue weighted by molar-refractivity contribution is 0.111. The Morgan fingerprint density at radius 1 is 0.306 bits per heavy atom. The van der Waals surface area contributed by atoms with Crippen LogP contribution in [0.25, 0.3) is 65.3 Å². The van der Waals surface area contributed by atoms with Crippen LogP contribution in [0.5, 0.6) is 0 Å².